The van der Waals surface area contributed by atoms with Crippen LogP contribution in [-0.4, -0.2) is 21.2 Å². The minimum Gasteiger partial charge on any atom is -0.493 e. The molecule has 2 aromatic heterocycles. The summed E-state index contributed by atoms with van der Waals surface area (Å²) in [4.78, 5) is 0. The van der Waals surface area contributed by atoms with Crippen molar-refractivity contribution in [2.24, 2.45) is 5.41 Å². The van der Waals surface area contributed by atoms with Crippen molar-refractivity contribution in [3.05, 3.63) is 35.2 Å². The van der Waals surface area contributed by atoms with Crippen LogP contribution in [0.3, 0.4) is 0 Å². The van der Waals surface area contributed by atoms with Crippen molar-refractivity contribution in [1.29, 1.82) is 0 Å². The second-order valence-electron chi connectivity index (χ2n) is 5.70. The van der Waals surface area contributed by atoms with Crippen molar-refractivity contribution in [3.8, 4) is 5.75 Å². The molecule has 0 radical (unpaired) electrons. The molecule has 0 bridgehead atoms. The van der Waals surface area contributed by atoms with Crippen molar-refractivity contribution in [2.45, 2.75) is 46.5 Å². The van der Waals surface area contributed by atoms with E-state index in [-0.39, 0.29) is 5.41 Å². The number of fused-ring (bicyclic) bond motifs is 1. The molecule has 2 rings (SSSR count). The second kappa shape index (κ2) is 7.27. The van der Waals surface area contributed by atoms with Gasteiger partial charge in [-0.3, -0.25) is 4.40 Å². The van der Waals surface area contributed by atoms with Gasteiger partial charge in [0.15, 0.2) is 5.65 Å². The predicted octanol–water partition coefficient (Wildman–Crippen LogP) is 4.82. The molecule has 0 aliphatic heterocycles. The van der Waals surface area contributed by atoms with E-state index in [0.717, 1.165) is 42.6 Å². The van der Waals surface area contributed by atoms with E-state index in [1.807, 2.05) is 22.7 Å². The van der Waals surface area contributed by atoms with Crippen LogP contribution in [0.25, 0.3) is 5.65 Å². The smallest absolute Gasteiger partial charge is 0.204 e. The van der Waals surface area contributed by atoms with Gasteiger partial charge in [0.2, 0.25) is 4.73 Å². The molecule has 0 spiro atoms. The van der Waals surface area contributed by atoms with Crippen LogP contribution in [-0.2, 0) is 6.42 Å². The maximum absolute atomic E-state index is 6.20. The third kappa shape index (κ3) is 3.35. The van der Waals surface area contributed by atoms with Crippen molar-refractivity contribution >= 4 is 21.6 Å². The molecule has 0 saturated carbocycles. The van der Waals surface area contributed by atoms with E-state index in [1.165, 1.54) is 0 Å². The van der Waals surface area contributed by atoms with Gasteiger partial charge in [-0.15, -0.1) is 16.8 Å². The molecule has 0 N–H and O–H groups in total. The molecule has 2 aromatic rings. The van der Waals surface area contributed by atoms with Gasteiger partial charge in [0.1, 0.15) is 5.75 Å². The second-order valence-corrected chi connectivity index (χ2v) is 6.41. The highest BCUT2D eigenvalue weighted by Crippen LogP contribution is 2.33. The summed E-state index contributed by atoms with van der Waals surface area (Å²) in [6.07, 6.45) is 8.08. The van der Waals surface area contributed by atoms with Crippen molar-refractivity contribution in [3.63, 3.8) is 0 Å². The summed E-state index contributed by atoms with van der Waals surface area (Å²) in [5.41, 5.74) is 2.11. The Morgan fingerprint density at radius 3 is 2.64 bits per heavy atom. The lowest BCUT2D eigenvalue weighted by Crippen LogP contribution is -2.27. The minimum absolute atomic E-state index is 0.160. The molecule has 0 saturated heterocycles. The molecule has 0 aliphatic rings. The Hall–Kier alpha value is -1.36. The Kier molecular flexibility index (Phi) is 5.62. The number of hydrogen-bond donors (Lipinski definition) is 0. The van der Waals surface area contributed by atoms with Crippen LogP contribution < -0.4 is 4.74 Å². The summed E-state index contributed by atoms with van der Waals surface area (Å²) in [6.45, 7) is 11.2. The number of aromatic nitrogens is 3. The molecule has 120 valence electrons. The van der Waals surface area contributed by atoms with Gasteiger partial charge in [-0.1, -0.05) is 26.8 Å². The minimum atomic E-state index is 0.160. The first-order valence-corrected chi connectivity index (χ1v) is 8.65. The van der Waals surface area contributed by atoms with Gasteiger partial charge in [-0.25, -0.2) is 0 Å². The molecule has 0 fully saturated rings. The summed E-state index contributed by atoms with van der Waals surface area (Å²) >= 11 is 3.41. The van der Waals surface area contributed by atoms with Crippen LogP contribution >= 0.6 is 15.9 Å². The van der Waals surface area contributed by atoms with E-state index in [1.54, 1.807) is 0 Å². The lowest BCUT2D eigenvalue weighted by atomic mass is 9.80. The van der Waals surface area contributed by atoms with Gasteiger partial charge >= 0.3 is 0 Å². The Morgan fingerprint density at radius 2 is 2.05 bits per heavy atom. The summed E-state index contributed by atoms with van der Waals surface area (Å²) in [5.74, 6) is 0.908. The highest BCUT2D eigenvalue weighted by Gasteiger charge is 2.26. The third-order valence-electron chi connectivity index (χ3n) is 4.53. The molecule has 5 heteroatoms. The molecule has 0 aliphatic carbocycles. The molecule has 0 atom stereocenters. The van der Waals surface area contributed by atoms with Gasteiger partial charge in [0.05, 0.1) is 6.61 Å². The van der Waals surface area contributed by atoms with E-state index in [2.05, 4.69) is 53.5 Å². The summed E-state index contributed by atoms with van der Waals surface area (Å²) < 4.78 is 8.85. The third-order valence-corrected chi connectivity index (χ3v) is 5.07. The number of rotatable bonds is 8. The number of hydrogen-bond acceptors (Lipinski definition) is 3. The number of halogens is 1. The maximum atomic E-state index is 6.20. The van der Waals surface area contributed by atoms with Gasteiger partial charge in [0, 0.05) is 23.2 Å². The van der Waals surface area contributed by atoms with Gasteiger partial charge < -0.3 is 4.74 Å². The Balaban J connectivity index is 2.28. The van der Waals surface area contributed by atoms with Crippen molar-refractivity contribution in [1.82, 2.24) is 14.6 Å². The Morgan fingerprint density at radius 1 is 1.32 bits per heavy atom. The van der Waals surface area contributed by atoms with Crippen LogP contribution in [0.2, 0.25) is 0 Å². The lowest BCUT2D eigenvalue weighted by Gasteiger charge is -2.30. The van der Waals surface area contributed by atoms with Gasteiger partial charge in [-0.2, -0.15) is 0 Å². The average molecular weight is 366 g/mol. The number of nitrogens with zero attached hydrogens (tertiary/aromatic N) is 3. The Labute approximate surface area is 140 Å². The van der Waals surface area contributed by atoms with Crippen LogP contribution in [0, 0.1) is 5.41 Å². The molecular formula is C17H24BrN3O. The molecular weight excluding hydrogens is 342 g/mol. The molecule has 22 heavy (non-hydrogen) atoms. The van der Waals surface area contributed by atoms with E-state index < -0.39 is 0 Å². The van der Waals surface area contributed by atoms with Gasteiger partial charge in [-0.05, 0) is 41.6 Å². The van der Waals surface area contributed by atoms with Crippen LogP contribution in [0.5, 0.6) is 5.75 Å². The quantitative estimate of drug-likeness (QED) is 0.629. The topological polar surface area (TPSA) is 39.4 Å². The van der Waals surface area contributed by atoms with Gasteiger partial charge in [0.25, 0.3) is 0 Å². The molecule has 2 heterocycles. The fourth-order valence-electron chi connectivity index (χ4n) is 2.67. The summed E-state index contributed by atoms with van der Waals surface area (Å²) in [7, 11) is 0. The standard InChI is InChI=1S/C17H24BrN3O/c1-5-9-17(7-3,8-4)12-22-14-10-15-19-20-16(18)21(15)11-13(14)6-2/h5,10-11H,1,6-9,12H2,2-4H3. The molecule has 0 amide bonds. The fraction of sp³-hybridized carbons (Fsp3) is 0.529. The summed E-state index contributed by atoms with van der Waals surface area (Å²) in [6, 6.07) is 1.97. The maximum Gasteiger partial charge on any atom is 0.204 e. The van der Waals surface area contributed by atoms with Crippen molar-refractivity contribution < 1.29 is 4.74 Å². The molecule has 0 unspecified atom stereocenters. The van der Waals surface area contributed by atoms with Crippen molar-refractivity contribution in [2.75, 3.05) is 6.61 Å². The summed E-state index contributed by atoms with van der Waals surface area (Å²) in [5, 5.41) is 8.19. The fourth-order valence-corrected chi connectivity index (χ4v) is 3.03. The zero-order valence-electron chi connectivity index (χ0n) is 13.6. The lowest BCUT2D eigenvalue weighted by molar-refractivity contribution is 0.134. The zero-order chi connectivity index (χ0) is 16.2. The zero-order valence-corrected chi connectivity index (χ0v) is 15.2. The van der Waals surface area contributed by atoms with E-state index in [9.17, 15) is 0 Å². The first kappa shape index (κ1) is 17.0. The molecule has 0 aromatic carbocycles. The highest BCUT2D eigenvalue weighted by molar-refractivity contribution is 9.10. The van der Waals surface area contributed by atoms with E-state index in [4.69, 9.17) is 4.74 Å². The normalized spacial score (nSPS) is 11.8. The van der Waals surface area contributed by atoms with Crippen LogP contribution in [0.15, 0.2) is 29.7 Å². The first-order valence-electron chi connectivity index (χ1n) is 7.86. The predicted molar refractivity (Wildman–Crippen MR) is 93.4 cm³/mol. The largest absolute Gasteiger partial charge is 0.493 e. The van der Waals surface area contributed by atoms with E-state index in [0.29, 0.717) is 11.3 Å². The van der Waals surface area contributed by atoms with E-state index >= 15 is 0 Å². The Bertz CT molecular complexity index is 647. The number of ether oxygens (including phenoxy) is 1. The monoisotopic (exact) mass is 365 g/mol. The number of aryl methyl sites for hydroxylation is 1. The van der Waals surface area contributed by atoms with Crippen LogP contribution in [0.1, 0.15) is 45.6 Å². The van der Waals surface area contributed by atoms with Crippen LogP contribution in [0.4, 0.5) is 0 Å². The molecule has 4 nitrogen and oxygen atoms in total. The average Bonchev–Trinajstić information content (AvgIpc) is 2.91. The number of allylic oxidation sites excluding steroid dienone is 1. The SMILES string of the molecule is C=CCC(CC)(CC)COc1cc2nnc(Br)n2cc1CC. The first-order chi connectivity index (χ1) is 10.6. The highest BCUT2D eigenvalue weighted by atomic mass is 79.9. The number of pyridine rings is 1.